The first-order chi connectivity index (χ1) is 3.50. The van der Waals surface area contributed by atoms with Gasteiger partial charge >= 0.3 is 0 Å². The standard InChI is InChI=1S/C7H8/c1-2-4-6-7-5-3-1/h1-3,7H,4,6H2. The topological polar surface area (TPSA) is 0 Å². The Morgan fingerprint density at radius 1 is 1.29 bits per heavy atom. The van der Waals surface area contributed by atoms with Crippen LogP contribution in [0.3, 0.4) is 0 Å². The van der Waals surface area contributed by atoms with E-state index < -0.39 is 0 Å². The van der Waals surface area contributed by atoms with Crippen molar-refractivity contribution in [1.29, 1.82) is 0 Å². The lowest BCUT2D eigenvalue weighted by Crippen LogP contribution is -1.56. The quantitative estimate of drug-likeness (QED) is 0.401. The molecule has 0 radical (unpaired) electrons. The Bertz CT molecular complexity index is 123. The molecule has 0 aliphatic heterocycles. The van der Waals surface area contributed by atoms with Gasteiger partial charge in [0.15, 0.2) is 0 Å². The van der Waals surface area contributed by atoms with Gasteiger partial charge in [0, 0.05) is 0 Å². The van der Waals surface area contributed by atoms with Gasteiger partial charge in [-0.3, -0.25) is 0 Å². The Hall–Kier alpha value is -0.740. The van der Waals surface area contributed by atoms with Crippen LogP contribution in [0.5, 0.6) is 0 Å². The van der Waals surface area contributed by atoms with Crippen LogP contribution in [-0.2, 0) is 0 Å². The van der Waals surface area contributed by atoms with Crippen molar-refractivity contribution in [2.75, 3.05) is 0 Å². The highest BCUT2D eigenvalue weighted by atomic mass is 13.8. The summed E-state index contributed by atoms with van der Waals surface area (Å²) < 4.78 is 0. The van der Waals surface area contributed by atoms with Crippen molar-refractivity contribution in [3.05, 3.63) is 30.0 Å². The third-order valence-corrected chi connectivity index (χ3v) is 0.924. The highest BCUT2D eigenvalue weighted by Crippen LogP contribution is 1.94. The van der Waals surface area contributed by atoms with Crippen molar-refractivity contribution >= 4 is 0 Å². The van der Waals surface area contributed by atoms with Crippen molar-refractivity contribution in [3.8, 4) is 0 Å². The molecule has 0 spiro atoms. The first kappa shape index (κ1) is 4.42. The van der Waals surface area contributed by atoms with Crippen molar-refractivity contribution in [2.24, 2.45) is 0 Å². The van der Waals surface area contributed by atoms with Crippen LogP contribution in [-0.4, -0.2) is 0 Å². The van der Waals surface area contributed by atoms with Gasteiger partial charge in [-0.15, -0.1) is 5.73 Å². The lowest BCUT2D eigenvalue weighted by atomic mass is 10.3. The highest BCUT2D eigenvalue weighted by molar-refractivity contribution is 5.05. The number of hydrogen-bond acceptors (Lipinski definition) is 0. The molecule has 0 bridgehead atoms. The molecule has 1 aliphatic rings. The molecule has 0 aromatic rings. The van der Waals surface area contributed by atoms with Crippen LogP contribution in [0, 0.1) is 0 Å². The van der Waals surface area contributed by atoms with Gasteiger partial charge in [0.05, 0.1) is 0 Å². The molecule has 0 heterocycles. The zero-order valence-electron chi connectivity index (χ0n) is 4.22. The summed E-state index contributed by atoms with van der Waals surface area (Å²) >= 11 is 0. The summed E-state index contributed by atoms with van der Waals surface area (Å²) in [6.45, 7) is 0. The van der Waals surface area contributed by atoms with Crippen molar-refractivity contribution in [3.63, 3.8) is 0 Å². The second-order valence-corrected chi connectivity index (χ2v) is 1.54. The third-order valence-electron chi connectivity index (χ3n) is 0.924. The monoisotopic (exact) mass is 92.1 g/mol. The molecule has 0 nitrogen and oxygen atoms in total. The smallest absolute Gasteiger partial charge is 0.0206 e. The fourth-order valence-corrected chi connectivity index (χ4v) is 0.551. The molecule has 0 aromatic carbocycles. The fraction of sp³-hybridized carbons (Fsp3) is 0.286. The Kier molecular flexibility index (Phi) is 1.54. The van der Waals surface area contributed by atoms with E-state index in [-0.39, 0.29) is 0 Å². The van der Waals surface area contributed by atoms with E-state index in [9.17, 15) is 0 Å². The predicted octanol–water partition coefficient (Wildman–Crippen LogP) is 2.05. The van der Waals surface area contributed by atoms with Gasteiger partial charge in [0.2, 0.25) is 0 Å². The second kappa shape index (κ2) is 2.44. The zero-order chi connectivity index (χ0) is 4.95. The van der Waals surface area contributed by atoms with E-state index in [1.165, 1.54) is 6.42 Å². The summed E-state index contributed by atoms with van der Waals surface area (Å²) in [5.41, 5.74) is 3.01. The molecular weight excluding hydrogens is 84.1 g/mol. The van der Waals surface area contributed by atoms with Crippen LogP contribution >= 0.6 is 0 Å². The third kappa shape index (κ3) is 1.43. The molecule has 0 saturated carbocycles. The SMILES string of the molecule is C1=CC=CCCC=1. The molecule has 0 fully saturated rings. The molecule has 7 heavy (non-hydrogen) atoms. The molecule has 0 N–H and O–H groups in total. The molecule has 0 saturated heterocycles. The Labute approximate surface area is 43.9 Å². The molecule has 0 amide bonds. The first-order valence-corrected chi connectivity index (χ1v) is 2.56. The molecule has 1 rings (SSSR count). The van der Waals surface area contributed by atoms with Crippen LogP contribution in [0.4, 0.5) is 0 Å². The highest BCUT2D eigenvalue weighted by Gasteiger charge is 1.75. The van der Waals surface area contributed by atoms with Crippen molar-refractivity contribution in [2.45, 2.75) is 12.8 Å². The minimum atomic E-state index is 1.15. The van der Waals surface area contributed by atoms with E-state index in [1.807, 2.05) is 12.2 Å². The van der Waals surface area contributed by atoms with Crippen LogP contribution in [0.2, 0.25) is 0 Å². The first-order valence-electron chi connectivity index (χ1n) is 2.56. The minimum absolute atomic E-state index is 1.15. The Morgan fingerprint density at radius 3 is 3.29 bits per heavy atom. The van der Waals surface area contributed by atoms with E-state index in [1.54, 1.807) is 0 Å². The summed E-state index contributed by atoms with van der Waals surface area (Å²) in [7, 11) is 0. The fourth-order valence-electron chi connectivity index (χ4n) is 0.551. The average molecular weight is 92.1 g/mol. The van der Waals surface area contributed by atoms with Gasteiger partial charge in [-0.1, -0.05) is 12.2 Å². The van der Waals surface area contributed by atoms with Crippen LogP contribution in [0.15, 0.2) is 30.0 Å². The molecule has 0 unspecified atom stereocenters. The van der Waals surface area contributed by atoms with Gasteiger partial charge in [0.1, 0.15) is 0 Å². The zero-order valence-corrected chi connectivity index (χ0v) is 4.22. The molecule has 0 atom stereocenters. The summed E-state index contributed by atoms with van der Waals surface area (Å²) in [5.74, 6) is 0. The van der Waals surface area contributed by atoms with Gasteiger partial charge in [-0.25, -0.2) is 0 Å². The van der Waals surface area contributed by atoms with E-state index in [0.717, 1.165) is 6.42 Å². The number of rotatable bonds is 0. The summed E-state index contributed by atoms with van der Waals surface area (Å²) in [6.07, 6.45) is 10.5. The second-order valence-electron chi connectivity index (χ2n) is 1.54. The maximum absolute atomic E-state index is 3.01. The van der Waals surface area contributed by atoms with Crippen molar-refractivity contribution in [1.82, 2.24) is 0 Å². The lowest BCUT2D eigenvalue weighted by molar-refractivity contribution is 1.06. The number of allylic oxidation sites excluding steroid dienone is 3. The minimum Gasteiger partial charge on any atom is -0.125 e. The molecule has 0 aromatic heterocycles. The van der Waals surface area contributed by atoms with E-state index >= 15 is 0 Å². The summed E-state index contributed by atoms with van der Waals surface area (Å²) in [6, 6.07) is 0. The van der Waals surface area contributed by atoms with Gasteiger partial charge in [-0.05, 0) is 25.0 Å². The Morgan fingerprint density at radius 2 is 2.29 bits per heavy atom. The normalized spacial score (nSPS) is 17.1. The van der Waals surface area contributed by atoms with Gasteiger partial charge in [-0.2, -0.15) is 0 Å². The van der Waals surface area contributed by atoms with Gasteiger partial charge < -0.3 is 0 Å². The molecular formula is C7H8. The van der Waals surface area contributed by atoms with Crippen LogP contribution in [0.1, 0.15) is 12.8 Å². The van der Waals surface area contributed by atoms with Crippen LogP contribution in [0.25, 0.3) is 0 Å². The Balaban J connectivity index is 2.65. The van der Waals surface area contributed by atoms with Gasteiger partial charge in [0.25, 0.3) is 0 Å². The molecule has 0 heteroatoms. The number of hydrogen-bond donors (Lipinski definition) is 0. The summed E-state index contributed by atoms with van der Waals surface area (Å²) in [4.78, 5) is 0. The lowest BCUT2D eigenvalue weighted by Gasteiger charge is -1.75. The predicted molar refractivity (Wildman–Crippen MR) is 31.0 cm³/mol. The van der Waals surface area contributed by atoms with Crippen LogP contribution < -0.4 is 0 Å². The van der Waals surface area contributed by atoms with E-state index in [2.05, 4.69) is 17.9 Å². The van der Waals surface area contributed by atoms with Crippen molar-refractivity contribution < 1.29 is 0 Å². The maximum atomic E-state index is 3.01. The largest absolute Gasteiger partial charge is 0.125 e. The maximum Gasteiger partial charge on any atom is -0.0206 e. The van der Waals surface area contributed by atoms with E-state index in [0.29, 0.717) is 0 Å². The summed E-state index contributed by atoms with van der Waals surface area (Å²) in [5, 5.41) is 0. The molecule has 1 aliphatic carbocycles. The van der Waals surface area contributed by atoms with E-state index in [4.69, 9.17) is 0 Å². The average Bonchev–Trinajstić information content (AvgIpc) is 1.90. The molecule has 36 valence electrons.